The van der Waals surface area contributed by atoms with Gasteiger partial charge in [-0.15, -0.1) is 0 Å². The van der Waals surface area contributed by atoms with Crippen molar-refractivity contribution in [3.05, 3.63) is 0 Å². The molecule has 1 rings (SSSR count). The van der Waals surface area contributed by atoms with Crippen molar-refractivity contribution in [2.45, 2.75) is 51.0 Å². The van der Waals surface area contributed by atoms with E-state index in [4.69, 9.17) is 15.2 Å². The Morgan fingerprint density at radius 1 is 1.13 bits per heavy atom. The minimum Gasteiger partial charge on any atom is -0.382 e. The Morgan fingerprint density at radius 2 is 1.87 bits per heavy atom. The zero-order valence-corrected chi connectivity index (χ0v) is 9.96. The highest BCUT2D eigenvalue weighted by molar-refractivity contribution is 4.85. The first-order chi connectivity index (χ1) is 7.33. The predicted octanol–water partition coefficient (Wildman–Crippen LogP) is 2.09. The lowest BCUT2D eigenvalue weighted by Gasteiger charge is -2.36. The van der Waals surface area contributed by atoms with Gasteiger partial charge in [0.05, 0.1) is 5.60 Å². The van der Waals surface area contributed by atoms with E-state index in [9.17, 15) is 0 Å². The summed E-state index contributed by atoms with van der Waals surface area (Å²) >= 11 is 0. The molecule has 3 heteroatoms. The van der Waals surface area contributed by atoms with Gasteiger partial charge in [0, 0.05) is 26.4 Å². The number of ether oxygens (including phenoxy) is 2. The van der Waals surface area contributed by atoms with E-state index in [1.807, 2.05) is 6.92 Å². The monoisotopic (exact) mass is 215 g/mol. The van der Waals surface area contributed by atoms with Crippen LogP contribution in [0.4, 0.5) is 0 Å². The first kappa shape index (κ1) is 12.9. The van der Waals surface area contributed by atoms with Crippen molar-refractivity contribution in [3.63, 3.8) is 0 Å². The van der Waals surface area contributed by atoms with Crippen LogP contribution in [0.2, 0.25) is 0 Å². The van der Waals surface area contributed by atoms with Crippen molar-refractivity contribution in [1.82, 2.24) is 0 Å². The van der Waals surface area contributed by atoms with Crippen LogP contribution < -0.4 is 5.73 Å². The molecule has 0 saturated heterocycles. The molecule has 0 aliphatic heterocycles. The summed E-state index contributed by atoms with van der Waals surface area (Å²) in [5.41, 5.74) is 5.81. The largest absolute Gasteiger partial charge is 0.382 e. The van der Waals surface area contributed by atoms with Crippen LogP contribution in [0.3, 0.4) is 0 Å². The molecule has 1 saturated carbocycles. The van der Waals surface area contributed by atoms with Crippen LogP contribution in [0.15, 0.2) is 0 Å². The summed E-state index contributed by atoms with van der Waals surface area (Å²) in [6.07, 6.45) is 7.13. The molecular formula is C12H25NO2. The van der Waals surface area contributed by atoms with E-state index in [1.165, 1.54) is 19.3 Å². The lowest BCUT2D eigenvalue weighted by Crippen LogP contribution is -2.42. The SMILES string of the molecule is CCOCCCOC1(CN)CCCCC1. The third-order valence-electron chi connectivity index (χ3n) is 3.18. The van der Waals surface area contributed by atoms with Gasteiger partial charge in [0.25, 0.3) is 0 Å². The smallest absolute Gasteiger partial charge is 0.0804 e. The van der Waals surface area contributed by atoms with Gasteiger partial charge in [-0.25, -0.2) is 0 Å². The highest BCUT2D eigenvalue weighted by Gasteiger charge is 2.30. The van der Waals surface area contributed by atoms with Gasteiger partial charge in [0.15, 0.2) is 0 Å². The van der Waals surface area contributed by atoms with Gasteiger partial charge >= 0.3 is 0 Å². The standard InChI is InChI=1S/C12H25NO2/c1-2-14-9-6-10-15-12(11-13)7-4-3-5-8-12/h2-11,13H2,1H3. The average molecular weight is 215 g/mol. The molecule has 3 nitrogen and oxygen atoms in total. The fraction of sp³-hybridized carbons (Fsp3) is 1.00. The second kappa shape index (κ2) is 7.20. The van der Waals surface area contributed by atoms with E-state index >= 15 is 0 Å². The molecule has 0 atom stereocenters. The highest BCUT2D eigenvalue weighted by Crippen LogP contribution is 2.30. The highest BCUT2D eigenvalue weighted by atomic mass is 16.5. The molecule has 0 aromatic carbocycles. The fourth-order valence-corrected chi connectivity index (χ4v) is 2.20. The normalized spacial score (nSPS) is 20.4. The zero-order valence-electron chi connectivity index (χ0n) is 9.96. The second-order valence-electron chi connectivity index (χ2n) is 4.35. The van der Waals surface area contributed by atoms with E-state index in [2.05, 4.69) is 0 Å². The molecule has 0 aromatic rings. The Labute approximate surface area is 93.3 Å². The van der Waals surface area contributed by atoms with Crippen molar-refractivity contribution in [3.8, 4) is 0 Å². The Kier molecular flexibility index (Phi) is 6.22. The molecule has 0 unspecified atom stereocenters. The maximum absolute atomic E-state index is 5.96. The average Bonchev–Trinajstić information content (AvgIpc) is 2.30. The quantitative estimate of drug-likeness (QED) is 0.661. The summed E-state index contributed by atoms with van der Waals surface area (Å²) in [5.74, 6) is 0. The van der Waals surface area contributed by atoms with Gasteiger partial charge < -0.3 is 15.2 Å². The number of hydrogen-bond donors (Lipinski definition) is 1. The molecule has 0 amide bonds. The Bertz CT molecular complexity index is 156. The third kappa shape index (κ3) is 4.49. The lowest BCUT2D eigenvalue weighted by molar-refractivity contribution is -0.0685. The van der Waals surface area contributed by atoms with Gasteiger partial charge in [-0.05, 0) is 26.2 Å². The molecule has 0 bridgehead atoms. The summed E-state index contributed by atoms with van der Waals surface area (Å²) < 4.78 is 11.2. The summed E-state index contributed by atoms with van der Waals surface area (Å²) in [5, 5.41) is 0. The summed E-state index contributed by atoms with van der Waals surface area (Å²) in [6.45, 7) is 5.07. The Hall–Kier alpha value is -0.120. The molecule has 0 heterocycles. The van der Waals surface area contributed by atoms with Crippen molar-refractivity contribution < 1.29 is 9.47 Å². The van der Waals surface area contributed by atoms with Crippen molar-refractivity contribution in [1.29, 1.82) is 0 Å². The van der Waals surface area contributed by atoms with E-state index in [0.29, 0.717) is 6.54 Å². The van der Waals surface area contributed by atoms with E-state index in [0.717, 1.165) is 39.1 Å². The minimum absolute atomic E-state index is 0.00946. The van der Waals surface area contributed by atoms with E-state index < -0.39 is 0 Å². The molecule has 15 heavy (non-hydrogen) atoms. The molecular weight excluding hydrogens is 190 g/mol. The van der Waals surface area contributed by atoms with Gasteiger partial charge in [-0.2, -0.15) is 0 Å². The molecule has 1 aliphatic rings. The van der Waals surface area contributed by atoms with Gasteiger partial charge in [-0.1, -0.05) is 19.3 Å². The molecule has 0 radical (unpaired) electrons. The summed E-state index contributed by atoms with van der Waals surface area (Å²) in [7, 11) is 0. The van der Waals surface area contributed by atoms with Gasteiger partial charge in [0.2, 0.25) is 0 Å². The van der Waals surface area contributed by atoms with E-state index in [1.54, 1.807) is 0 Å². The molecule has 90 valence electrons. The van der Waals surface area contributed by atoms with Gasteiger partial charge in [0.1, 0.15) is 0 Å². The van der Waals surface area contributed by atoms with Crippen LogP contribution >= 0.6 is 0 Å². The molecule has 2 N–H and O–H groups in total. The lowest BCUT2D eigenvalue weighted by atomic mass is 9.85. The van der Waals surface area contributed by atoms with Crippen LogP contribution in [0.5, 0.6) is 0 Å². The number of nitrogens with two attached hydrogens (primary N) is 1. The molecule has 0 aromatic heterocycles. The predicted molar refractivity (Wildman–Crippen MR) is 61.9 cm³/mol. The maximum atomic E-state index is 5.96. The first-order valence-electron chi connectivity index (χ1n) is 6.25. The fourth-order valence-electron chi connectivity index (χ4n) is 2.20. The number of rotatable bonds is 7. The van der Waals surface area contributed by atoms with Crippen LogP contribution in [0, 0.1) is 0 Å². The van der Waals surface area contributed by atoms with Crippen LogP contribution in [-0.2, 0) is 9.47 Å². The van der Waals surface area contributed by atoms with Crippen molar-refractivity contribution >= 4 is 0 Å². The summed E-state index contributed by atoms with van der Waals surface area (Å²) in [4.78, 5) is 0. The van der Waals surface area contributed by atoms with Crippen LogP contribution in [0.1, 0.15) is 45.4 Å². The van der Waals surface area contributed by atoms with Gasteiger partial charge in [-0.3, -0.25) is 0 Å². The Morgan fingerprint density at radius 3 is 2.47 bits per heavy atom. The molecule has 1 fully saturated rings. The van der Waals surface area contributed by atoms with E-state index in [-0.39, 0.29) is 5.60 Å². The molecule has 0 spiro atoms. The van der Waals surface area contributed by atoms with Crippen LogP contribution in [-0.4, -0.2) is 32.0 Å². The maximum Gasteiger partial charge on any atom is 0.0804 e. The topological polar surface area (TPSA) is 44.5 Å². The summed E-state index contributed by atoms with van der Waals surface area (Å²) in [6, 6.07) is 0. The van der Waals surface area contributed by atoms with Crippen molar-refractivity contribution in [2.75, 3.05) is 26.4 Å². The minimum atomic E-state index is -0.00946. The first-order valence-corrected chi connectivity index (χ1v) is 6.25. The zero-order chi connectivity index (χ0) is 11.0. The Balaban J connectivity index is 2.15. The number of hydrogen-bond acceptors (Lipinski definition) is 3. The van der Waals surface area contributed by atoms with Crippen LogP contribution in [0.25, 0.3) is 0 Å². The second-order valence-corrected chi connectivity index (χ2v) is 4.35. The molecule has 1 aliphatic carbocycles. The van der Waals surface area contributed by atoms with Crippen molar-refractivity contribution in [2.24, 2.45) is 5.73 Å². The third-order valence-corrected chi connectivity index (χ3v) is 3.18.